The Balaban J connectivity index is 2.41. The summed E-state index contributed by atoms with van der Waals surface area (Å²) in [5.74, 6) is 1.83. The first-order valence-electron chi connectivity index (χ1n) is 5.63. The average Bonchev–Trinajstić information content (AvgIpc) is 2.38. The molecule has 1 unspecified atom stereocenters. The minimum atomic E-state index is -3.20. The first-order valence-corrected chi connectivity index (χ1v) is 8.74. The van der Waals surface area contributed by atoms with Gasteiger partial charge in [0.1, 0.15) is 17.3 Å². The molecule has 1 fully saturated rings. The van der Waals surface area contributed by atoms with Gasteiger partial charge in [-0.1, -0.05) is 0 Å². The van der Waals surface area contributed by atoms with Crippen molar-refractivity contribution in [3.05, 3.63) is 17.8 Å². The molecule has 19 heavy (non-hydrogen) atoms. The Morgan fingerprint density at radius 3 is 2.95 bits per heavy atom. The molecule has 2 rings (SSSR count). The Kier molecular flexibility index (Phi) is 3.87. The average molecular weight is 298 g/mol. The van der Waals surface area contributed by atoms with Gasteiger partial charge in [-0.25, -0.2) is 13.4 Å². The molecule has 102 valence electrons. The van der Waals surface area contributed by atoms with Crippen LogP contribution in [0.25, 0.3) is 0 Å². The monoisotopic (exact) mass is 298 g/mol. The zero-order valence-electron chi connectivity index (χ0n) is 10.4. The molecule has 8 heteroatoms. The number of nitrogen functional groups attached to an aromatic ring is 1. The minimum absolute atomic E-state index is 0.128. The van der Waals surface area contributed by atoms with Crippen molar-refractivity contribution in [3.8, 4) is 6.07 Å². The van der Waals surface area contributed by atoms with Gasteiger partial charge >= 0.3 is 0 Å². The van der Waals surface area contributed by atoms with Crippen molar-refractivity contribution in [2.45, 2.75) is 5.37 Å². The molecule has 0 aromatic carbocycles. The van der Waals surface area contributed by atoms with Crippen LogP contribution in [0.3, 0.4) is 0 Å². The van der Waals surface area contributed by atoms with E-state index in [1.54, 1.807) is 28.8 Å². The van der Waals surface area contributed by atoms with Crippen molar-refractivity contribution in [2.24, 2.45) is 0 Å². The smallest absolute Gasteiger partial charge is 0.169 e. The lowest BCUT2D eigenvalue weighted by Gasteiger charge is -2.35. The van der Waals surface area contributed by atoms with Gasteiger partial charge in [-0.2, -0.15) is 17.0 Å². The third-order valence-corrected chi connectivity index (χ3v) is 5.53. The van der Waals surface area contributed by atoms with Crippen molar-refractivity contribution in [2.75, 3.05) is 34.9 Å². The van der Waals surface area contributed by atoms with E-state index >= 15 is 0 Å². The standard InChI is InChI=1S/C11H14N4O2S2/c1-19(16,17)11-7-18-5-4-15(11)10-3-2-8(13)9(6-12)14-10/h2-3,11H,4-5,7,13H2,1H3. The number of nitriles is 1. The normalized spacial score (nSPS) is 20.0. The second-order valence-corrected chi connectivity index (χ2v) is 7.62. The Morgan fingerprint density at radius 2 is 2.32 bits per heavy atom. The summed E-state index contributed by atoms with van der Waals surface area (Å²) in [5, 5.41) is 8.33. The van der Waals surface area contributed by atoms with E-state index in [0.717, 1.165) is 5.75 Å². The van der Waals surface area contributed by atoms with Crippen molar-refractivity contribution in [3.63, 3.8) is 0 Å². The molecule has 1 aromatic rings. The first-order chi connectivity index (χ1) is 8.93. The quantitative estimate of drug-likeness (QED) is 0.846. The van der Waals surface area contributed by atoms with Gasteiger partial charge in [0.15, 0.2) is 15.5 Å². The molecule has 0 saturated carbocycles. The topological polar surface area (TPSA) is 100 Å². The number of hydrogen-bond donors (Lipinski definition) is 1. The molecule has 2 heterocycles. The second kappa shape index (κ2) is 5.27. The largest absolute Gasteiger partial charge is 0.396 e. The highest BCUT2D eigenvalue weighted by Crippen LogP contribution is 2.26. The van der Waals surface area contributed by atoms with Crippen LogP contribution < -0.4 is 10.6 Å². The number of sulfone groups is 1. The summed E-state index contributed by atoms with van der Waals surface area (Å²) in [5.41, 5.74) is 6.05. The Morgan fingerprint density at radius 1 is 1.58 bits per heavy atom. The zero-order valence-corrected chi connectivity index (χ0v) is 12.0. The molecular formula is C11H14N4O2S2. The van der Waals surface area contributed by atoms with E-state index in [9.17, 15) is 8.42 Å². The molecule has 0 bridgehead atoms. The summed E-state index contributed by atoms with van der Waals surface area (Å²) in [4.78, 5) is 5.87. The fraction of sp³-hybridized carbons (Fsp3) is 0.455. The molecular weight excluding hydrogens is 284 g/mol. The van der Waals surface area contributed by atoms with Gasteiger partial charge in [0, 0.05) is 24.3 Å². The maximum atomic E-state index is 11.8. The van der Waals surface area contributed by atoms with Crippen molar-refractivity contribution >= 4 is 33.1 Å². The summed E-state index contributed by atoms with van der Waals surface area (Å²) in [6.07, 6.45) is 1.22. The van der Waals surface area contributed by atoms with Gasteiger partial charge in [-0.15, -0.1) is 0 Å². The number of aromatic nitrogens is 1. The second-order valence-electron chi connectivity index (χ2n) is 4.27. The summed E-state index contributed by atoms with van der Waals surface area (Å²) in [6.45, 7) is 0.587. The van der Waals surface area contributed by atoms with Crippen molar-refractivity contribution in [1.82, 2.24) is 4.98 Å². The fourth-order valence-electron chi connectivity index (χ4n) is 1.91. The van der Waals surface area contributed by atoms with Gasteiger partial charge in [-0.3, -0.25) is 0 Å². The lowest BCUT2D eigenvalue weighted by molar-refractivity contribution is 0.583. The minimum Gasteiger partial charge on any atom is -0.396 e. The van der Waals surface area contributed by atoms with Gasteiger partial charge in [-0.05, 0) is 12.1 Å². The lowest BCUT2D eigenvalue weighted by Crippen LogP contribution is -2.47. The third kappa shape index (κ3) is 2.93. The number of anilines is 2. The van der Waals surface area contributed by atoms with Crippen LogP contribution >= 0.6 is 11.8 Å². The van der Waals surface area contributed by atoms with E-state index in [-0.39, 0.29) is 5.69 Å². The molecule has 0 aliphatic carbocycles. The number of hydrogen-bond acceptors (Lipinski definition) is 7. The van der Waals surface area contributed by atoms with Crippen LogP contribution in [-0.4, -0.2) is 43.1 Å². The summed E-state index contributed by atoms with van der Waals surface area (Å²) in [6, 6.07) is 5.15. The van der Waals surface area contributed by atoms with E-state index in [0.29, 0.717) is 23.8 Å². The molecule has 6 nitrogen and oxygen atoms in total. The van der Waals surface area contributed by atoms with Gasteiger partial charge in [0.25, 0.3) is 0 Å². The fourth-order valence-corrected chi connectivity index (χ4v) is 4.73. The van der Waals surface area contributed by atoms with Crippen LogP contribution in [0.2, 0.25) is 0 Å². The SMILES string of the molecule is CS(=O)(=O)C1CSCCN1c1ccc(N)c(C#N)n1. The van der Waals surface area contributed by atoms with Crippen molar-refractivity contribution < 1.29 is 8.42 Å². The van der Waals surface area contributed by atoms with Crippen LogP contribution in [0.5, 0.6) is 0 Å². The first kappa shape index (κ1) is 14.0. The van der Waals surface area contributed by atoms with E-state index in [1.165, 1.54) is 6.26 Å². The highest BCUT2D eigenvalue weighted by Gasteiger charge is 2.32. The molecule has 1 aliphatic rings. The van der Waals surface area contributed by atoms with Crippen LogP contribution in [-0.2, 0) is 9.84 Å². The number of rotatable bonds is 2. The van der Waals surface area contributed by atoms with E-state index in [2.05, 4.69) is 4.98 Å². The molecule has 2 N–H and O–H groups in total. The summed E-state index contributed by atoms with van der Waals surface area (Å²) in [7, 11) is -3.20. The molecule has 0 radical (unpaired) electrons. The predicted octanol–water partition coefficient (Wildman–Crippen LogP) is 0.459. The molecule has 1 aliphatic heterocycles. The van der Waals surface area contributed by atoms with Gasteiger partial charge < -0.3 is 10.6 Å². The zero-order chi connectivity index (χ0) is 14.0. The van der Waals surface area contributed by atoms with Crippen molar-refractivity contribution in [1.29, 1.82) is 5.26 Å². The molecule has 1 saturated heterocycles. The number of pyridine rings is 1. The number of nitrogens with two attached hydrogens (primary N) is 1. The van der Waals surface area contributed by atoms with E-state index < -0.39 is 15.2 Å². The Bertz CT molecular complexity index is 624. The molecule has 0 spiro atoms. The highest BCUT2D eigenvalue weighted by atomic mass is 32.2. The summed E-state index contributed by atoms with van der Waals surface area (Å²) >= 11 is 1.60. The molecule has 0 amide bonds. The number of nitrogens with zero attached hydrogens (tertiary/aromatic N) is 3. The van der Waals surface area contributed by atoms with Gasteiger partial charge in [0.05, 0.1) is 5.69 Å². The maximum Gasteiger partial charge on any atom is 0.169 e. The molecule has 1 atom stereocenters. The van der Waals surface area contributed by atoms with E-state index in [4.69, 9.17) is 11.0 Å². The van der Waals surface area contributed by atoms with Crippen LogP contribution in [0.1, 0.15) is 5.69 Å². The predicted molar refractivity (Wildman–Crippen MR) is 76.7 cm³/mol. The van der Waals surface area contributed by atoms with Crippen LogP contribution in [0, 0.1) is 11.3 Å². The van der Waals surface area contributed by atoms with E-state index in [1.807, 2.05) is 6.07 Å². The van der Waals surface area contributed by atoms with Gasteiger partial charge in [0.2, 0.25) is 0 Å². The van der Waals surface area contributed by atoms with Crippen LogP contribution in [0.4, 0.5) is 11.5 Å². The molecule has 1 aromatic heterocycles. The third-order valence-electron chi connectivity index (χ3n) is 2.89. The maximum absolute atomic E-state index is 11.8. The Hall–Kier alpha value is -1.46. The lowest BCUT2D eigenvalue weighted by atomic mass is 10.3. The highest BCUT2D eigenvalue weighted by molar-refractivity contribution is 8.01. The Labute approximate surface area is 116 Å². The summed E-state index contributed by atoms with van der Waals surface area (Å²) < 4.78 is 23.6. The van der Waals surface area contributed by atoms with Crippen LogP contribution in [0.15, 0.2) is 12.1 Å². The number of thioether (sulfide) groups is 1.